The second-order valence-electron chi connectivity index (χ2n) is 8.00. The fraction of sp³-hybridized carbons (Fsp3) is 0.650. The van der Waals surface area contributed by atoms with E-state index in [1.165, 1.54) is 12.1 Å². The van der Waals surface area contributed by atoms with Gasteiger partial charge in [-0.05, 0) is 43.0 Å². The second kappa shape index (κ2) is 9.48. The number of nitrogens with zero attached hydrogens (tertiary/aromatic N) is 2. The first-order chi connectivity index (χ1) is 13.0. The van der Waals surface area contributed by atoms with Crippen molar-refractivity contribution < 1.29 is 9.18 Å². The monoisotopic (exact) mass is 377 g/mol. The minimum Gasteiger partial charge on any atom is -0.369 e. The Bertz CT molecular complexity index is 601. The van der Waals surface area contributed by atoms with Crippen LogP contribution in [0, 0.1) is 11.7 Å². The molecule has 2 aliphatic rings. The number of amides is 1. The molecule has 0 bridgehead atoms. The van der Waals surface area contributed by atoms with Crippen LogP contribution in [0.2, 0.25) is 0 Å². The summed E-state index contributed by atoms with van der Waals surface area (Å²) < 4.78 is 13.0. The highest BCUT2D eigenvalue weighted by atomic mass is 19.1. The molecule has 0 aliphatic carbocycles. The number of piperazine rings is 1. The molecule has 0 radical (unpaired) electrons. The van der Waals surface area contributed by atoms with Crippen LogP contribution >= 0.6 is 0 Å². The number of anilines is 1. The van der Waals surface area contributed by atoms with Crippen LogP contribution < -0.4 is 21.1 Å². The van der Waals surface area contributed by atoms with Gasteiger partial charge in [0.25, 0.3) is 0 Å². The van der Waals surface area contributed by atoms with Gasteiger partial charge in [0, 0.05) is 51.0 Å². The molecule has 2 heterocycles. The lowest BCUT2D eigenvalue weighted by molar-refractivity contribution is -0.122. The molecule has 2 saturated heterocycles. The van der Waals surface area contributed by atoms with Gasteiger partial charge in [-0.2, -0.15) is 0 Å². The Morgan fingerprint density at radius 1 is 1.19 bits per heavy atom. The molecule has 0 saturated carbocycles. The van der Waals surface area contributed by atoms with E-state index < -0.39 is 0 Å². The van der Waals surface area contributed by atoms with Gasteiger partial charge in [0.1, 0.15) is 11.9 Å². The van der Waals surface area contributed by atoms with Crippen molar-refractivity contribution in [1.82, 2.24) is 21.1 Å². The van der Waals surface area contributed by atoms with Gasteiger partial charge in [0.15, 0.2) is 0 Å². The standard InChI is InChI=1S/C20H32FN5O/c1-15(2)13-17-14-19(24-23-17)20(27)22-7-8-25-9-11-26(12-10-25)18-5-3-16(21)4-6-18/h3-6,15,17,19,23-24H,7-14H2,1-2H3,(H,22,27). The van der Waals surface area contributed by atoms with Gasteiger partial charge >= 0.3 is 0 Å². The van der Waals surface area contributed by atoms with Crippen molar-refractivity contribution in [3.63, 3.8) is 0 Å². The van der Waals surface area contributed by atoms with E-state index in [-0.39, 0.29) is 17.8 Å². The van der Waals surface area contributed by atoms with Crippen molar-refractivity contribution in [1.29, 1.82) is 0 Å². The van der Waals surface area contributed by atoms with Crippen LogP contribution in [0.5, 0.6) is 0 Å². The number of hydrogen-bond acceptors (Lipinski definition) is 5. The number of rotatable bonds is 7. The third kappa shape index (κ3) is 5.89. The molecule has 2 atom stereocenters. The molecule has 150 valence electrons. The van der Waals surface area contributed by atoms with E-state index in [0.29, 0.717) is 18.5 Å². The highest BCUT2D eigenvalue weighted by Crippen LogP contribution is 2.17. The van der Waals surface area contributed by atoms with Crippen LogP contribution in [-0.4, -0.2) is 62.2 Å². The average molecular weight is 378 g/mol. The van der Waals surface area contributed by atoms with Gasteiger partial charge in [0.2, 0.25) is 5.91 Å². The van der Waals surface area contributed by atoms with E-state index >= 15 is 0 Å². The predicted octanol–water partition coefficient (Wildman–Crippen LogP) is 1.35. The maximum atomic E-state index is 13.0. The molecular formula is C20H32FN5O. The molecule has 1 amide bonds. The summed E-state index contributed by atoms with van der Waals surface area (Å²) in [6.45, 7) is 9.67. The van der Waals surface area contributed by atoms with E-state index in [9.17, 15) is 9.18 Å². The van der Waals surface area contributed by atoms with Crippen LogP contribution in [0.15, 0.2) is 24.3 Å². The van der Waals surface area contributed by atoms with Crippen molar-refractivity contribution >= 4 is 11.6 Å². The summed E-state index contributed by atoms with van der Waals surface area (Å²) in [7, 11) is 0. The maximum Gasteiger partial charge on any atom is 0.238 e. The zero-order valence-electron chi connectivity index (χ0n) is 16.4. The van der Waals surface area contributed by atoms with Crippen molar-refractivity contribution in [3.05, 3.63) is 30.1 Å². The lowest BCUT2D eigenvalue weighted by atomic mass is 10.00. The average Bonchev–Trinajstić information content (AvgIpc) is 3.11. The Kier molecular flexibility index (Phi) is 7.04. The van der Waals surface area contributed by atoms with Gasteiger partial charge in [-0.15, -0.1) is 0 Å². The SMILES string of the molecule is CC(C)CC1CC(C(=O)NCCN2CCN(c3ccc(F)cc3)CC2)NN1. The van der Waals surface area contributed by atoms with Gasteiger partial charge in [-0.1, -0.05) is 13.8 Å². The number of carbonyl (C=O) groups excluding carboxylic acids is 1. The molecule has 2 unspecified atom stereocenters. The van der Waals surface area contributed by atoms with Gasteiger partial charge in [0.05, 0.1) is 0 Å². The van der Waals surface area contributed by atoms with E-state index in [2.05, 4.69) is 39.8 Å². The molecular weight excluding hydrogens is 345 g/mol. The first-order valence-electron chi connectivity index (χ1n) is 10.0. The van der Waals surface area contributed by atoms with Crippen molar-refractivity contribution in [2.75, 3.05) is 44.2 Å². The Labute approximate surface area is 161 Å². The lowest BCUT2D eigenvalue weighted by Gasteiger charge is -2.36. The molecule has 2 fully saturated rings. The quantitative estimate of drug-likeness (QED) is 0.670. The molecule has 2 aliphatic heterocycles. The Hall–Kier alpha value is -1.70. The fourth-order valence-corrected chi connectivity index (χ4v) is 3.86. The first-order valence-corrected chi connectivity index (χ1v) is 10.0. The smallest absolute Gasteiger partial charge is 0.238 e. The molecule has 1 aromatic carbocycles. The van der Waals surface area contributed by atoms with Crippen LogP contribution in [0.4, 0.5) is 10.1 Å². The summed E-state index contributed by atoms with van der Waals surface area (Å²) in [5.41, 5.74) is 7.42. The van der Waals surface area contributed by atoms with Gasteiger partial charge < -0.3 is 10.2 Å². The Morgan fingerprint density at radius 3 is 2.56 bits per heavy atom. The number of nitrogens with one attached hydrogen (secondary N) is 3. The normalized spacial score (nSPS) is 23.8. The van der Waals surface area contributed by atoms with E-state index in [4.69, 9.17) is 0 Å². The Balaban J connectivity index is 1.32. The van der Waals surface area contributed by atoms with Crippen molar-refractivity contribution in [2.24, 2.45) is 5.92 Å². The van der Waals surface area contributed by atoms with Gasteiger partial charge in [-0.25, -0.2) is 9.82 Å². The lowest BCUT2D eigenvalue weighted by Crippen LogP contribution is -2.50. The zero-order chi connectivity index (χ0) is 19.2. The molecule has 6 nitrogen and oxygen atoms in total. The second-order valence-corrected chi connectivity index (χ2v) is 8.00. The third-order valence-corrected chi connectivity index (χ3v) is 5.35. The number of benzene rings is 1. The van der Waals surface area contributed by atoms with E-state index in [0.717, 1.165) is 51.3 Å². The third-order valence-electron chi connectivity index (χ3n) is 5.35. The topological polar surface area (TPSA) is 59.6 Å². The summed E-state index contributed by atoms with van der Waals surface area (Å²) in [6, 6.07) is 6.93. The highest BCUT2D eigenvalue weighted by molar-refractivity contribution is 5.82. The summed E-state index contributed by atoms with van der Waals surface area (Å²) in [5.74, 6) is 0.508. The zero-order valence-corrected chi connectivity index (χ0v) is 16.4. The van der Waals surface area contributed by atoms with Crippen molar-refractivity contribution in [3.8, 4) is 0 Å². The van der Waals surface area contributed by atoms with E-state index in [1.807, 2.05) is 12.1 Å². The molecule has 1 aromatic rings. The molecule has 0 spiro atoms. The van der Waals surface area contributed by atoms with Crippen molar-refractivity contribution in [2.45, 2.75) is 38.8 Å². The summed E-state index contributed by atoms with van der Waals surface area (Å²) in [6.07, 6.45) is 1.93. The molecule has 27 heavy (non-hydrogen) atoms. The molecule has 7 heteroatoms. The van der Waals surface area contributed by atoms with Crippen LogP contribution in [0.1, 0.15) is 26.7 Å². The van der Waals surface area contributed by atoms with Crippen LogP contribution in [0.25, 0.3) is 0 Å². The predicted molar refractivity (Wildman–Crippen MR) is 106 cm³/mol. The van der Waals surface area contributed by atoms with Crippen LogP contribution in [-0.2, 0) is 4.79 Å². The molecule has 3 rings (SSSR count). The first kappa shape index (κ1) is 20.0. The van der Waals surface area contributed by atoms with Crippen LogP contribution in [0.3, 0.4) is 0 Å². The summed E-state index contributed by atoms with van der Waals surface area (Å²) in [4.78, 5) is 17.0. The highest BCUT2D eigenvalue weighted by Gasteiger charge is 2.29. The van der Waals surface area contributed by atoms with E-state index in [1.54, 1.807) is 0 Å². The fourth-order valence-electron chi connectivity index (χ4n) is 3.86. The van der Waals surface area contributed by atoms with Gasteiger partial charge in [-0.3, -0.25) is 15.1 Å². The number of halogens is 1. The largest absolute Gasteiger partial charge is 0.369 e. The summed E-state index contributed by atoms with van der Waals surface area (Å²) >= 11 is 0. The number of hydrogen-bond donors (Lipinski definition) is 3. The molecule has 3 N–H and O–H groups in total. The number of hydrazine groups is 1. The minimum atomic E-state index is -0.199. The maximum absolute atomic E-state index is 13.0. The molecule has 0 aromatic heterocycles. The minimum absolute atomic E-state index is 0.0821. The number of carbonyl (C=O) groups is 1. The summed E-state index contributed by atoms with van der Waals surface area (Å²) in [5, 5.41) is 3.06. The Morgan fingerprint density at radius 2 is 1.89 bits per heavy atom.